The highest BCUT2D eigenvalue weighted by Crippen LogP contribution is 2.53. The van der Waals surface area contributed by atoms with E-state index >= 15 is 0 Å². The second kappa shape index (κ2) is 6.61. The lowest BCUT2D eigenvalue weighted by molar-refractivity contribution is 0.478. The molecule has 6 rings (SSSR count). The van der Waals surface area contributed by atoms with Crippen LogP contribution in [0.1, 0.15) is 16.7 Å². The maximum absolute atomic E-state index is 6.51. The first-order valence-corrected chi connectivity index (χ1v) is 10.7. The minimum atomic E-state index is 0.890. The van der Waals surface area contributed by atoms with Crippen LogP contribution in [0.5, 0.6) is 11.5 Å². The Kier molecular flexibility index (Phi) is 3.85. The topological polar surface area (TPSA) is 12.5 Å². The van der Waals surface area contributed by atoms with Crippen molar-refractivity contribution in [2.24, 2.45) is 0 Å². The summed E-state index contributed by atoms with van der Waals surface area (Å²) in [5.74, 6) is 1.78. The molecule has 0 fully saturated rings. The number of fused-ring (bicyclic) bond motifs is 4. The molecule has 0 saturated heterocycles. The van der Waals surface area contributed by atoms with Crippen LogP contribution >= 0.6 is 0 Å². The zero-order valence-corrected chi connectivity index (χ0v) is 17.9. The molecule has 0 atom stereocenters. The van der Waals surface area contributed by atoms with Crippen molar-refractivity contribution >= 4 is 38.6 Å². The van der Waals surface area contributed by atoms with E-state index in [0.29, 0.717) is 0 Å². The Labute approximate surface area is 182 Å². The first kappa shape index (κ1) is 18.0. The van der Waals surface area contributed by atoms with Crippen LogP contribution < -0.4 is 9.64 Å². The Balaban J connectivity index is 1.71. The van der Waals surface area contributed by atoms with Crippen molar-refractivity contribution in [3.05, 3.63) is 102 Å². The van der Waals surface area contributed by atoms with Gasteiger partial charge in [0, 0.05) is 0 Å². The lowest BCUT2D eigenvalue weighted by Gasteiger charge is -2.35. The fourth-order valence-corrected chi connectivity index (χ4v) is 4.94. The van der Waals surface area contributed by atoms with E-state index in [4.69, 9.17) is 4.74 Å². The van der Waals surface area contributed by atoms with Crippen LogP contribution in [0.15, 0.2) is 84.9 Å². The number of ether oxygens (including phenoxy) is 1. The van der Waals surface area contributed by atoms with Gasteiger partial charge in [0.1, 0.15) is 0 Å². The molecular weight excluding hydrogens is 378 g/mol. The predicted molar refractivity (Wildman–Crippen MR) is 130 cm³/mol. The number of nitrogens with zero attached hydrogens (tertiary/aromatic N) is 1. The number of hydrogen-bond acceptors (Lipinski definition) is 2. The SMILES string of the molecule is Cc1cc(C)c(N2c3cc4ccccc4cc3Oc3cc4ccccc4cc32)c(C)c1. The Bertz CT molecular complexity index is 1390. The second-order valence-electron chi connectivity index (χ2n) is 8.52. The first-order valence-electron chi connectivity index (χ1n) is 10.7. The van der Waals surface area contributed by atoms with Crippen LogP contribution in [0.4, 0.5) is 17.1 Å². The van der Waals surface area contributed by atoms with Crippen LogP contribution in [-0.2, 0) is 0 Å². The van der Waals surface area contributed by atoms with Gasteiger partial charge in [-0.1, -0.05) is 66.2 Å². The van der Waals surface area contributed by atoms with Crippen LogP contribution in [0.3, 0.4) is 0 Å². The summed E-state index contributed by atoms with van der Waals surface area (Å²) < 4.78 is 6.51. The lowest BCUT2D eigenvalue weighted by Crippen LogP contribution is -2.18. The third-order valence-corrected chi connectivity index (χ3v) is 6.22. The van der Waals surface area contributed by atoms with E-state index in [1.54, 1.807) is 0 Å². The van der Waals surface area contributed by atoms with Gasteiger partial charge in [0.05, 0.1) is 17.1 Å². The van der Waals surface area contributed by atoms with Gasteiger partial charge in [-0.3, -0.25) is 0 Å². The molecule has 150 valence electrons. The summed E-state index contributed by atoms with van der Waals surface area (Å²) >= 11 is 0. The van der Waals surface area contributed by atoms with E-state index in [1.165, 1.54) is 43.9 Å². The molecule has 0 saturated carbocycles. The monoisotopic (exact) mass is 401 g/mol. The van der Waals surface area contributed by atoms with Crippen LogP contribution in [0, 0.1) is 20.8 Å². The maximum atomic E-state index is 6.51. The fraction of sp³-hybridized carbons (Fsp3) is 0.103. The molecule has 0 bridgehead atoms. The van der Waals surface area contributed by atoms with Gasteiger partial charge in [-0.05, 0) is 77.7 Å². The zero-order valence-electron chi connectivity index (χ0n) is 17.9. The average Bonchev–Trinajstić information content (AvgIpc) is 2.75. The third-order valence-electron chi connectivity index (χ3n) is 6.22. The Morgan fingerprint density at radius 2 is 0.968 bits per heavy atom. The molecule has 5 aromatic carbocycles. The summed E-state index contributed by atoms with van der Waals surface area (Å²) in [4.78, 5) is 2.39. The van der Waals surface area contributed by atoms with E-state index in [0.717, 1.165) is 22.9 Å². The van der Waals surface area contributed by atoms with E-state index in [1.807, 2.05) is 0 Å². The summed E-state index contributed by atoms with van der Waals surface area (Å²) in [6, 6.07) is 30.3. The van der Waals surface area contributed by atoms with Crippen LogP contribution in [-0.4, -0.2) is 0 Å². The van der Waals surface area contributed by atoms with E-state index in [-0.39, 0.29) is 0 Å². The first-order chi connectivity index (χ1) is 15.1. The number of anilines is 3. The minimum Gasteiger partial charge on any atom is -0.453 e. The van der Waals surface area contributed by atoms with Crippen molar-refractivity contribution in [3.63, 3.8) is 0 Å². The van der Waals surface area contributed by atoms with Crippen LogP contribution in [0.25, 0.3) is 21.5 Å². The molecule has 1 aliphatic heterocycles. The molecule has 1 heterocycles. The molecule has 2 heteroatoms. The van der Waals surface area contributed by atoms with Gasteiger partial charge in [0.2, 0.25) is 0 Å². The highest BCUT2D eigenvalue weighted by atomic mass is 16.5. The Morgan fingerprint density at radius 1 is 0.548 bits per heavy atom. The molecule has 5 aromatic rings. The number of benzene rings is 5. The molecule has 2 nitrogen and oxygen atoms in total. The largest absolute Gasteiger partial charge is 0.453 e. The average molecular weight is 402 g/mol. The molecule has 0 radical (unpaired) electrons. The van der Waals surface area contributed by atoms with Crippen molar-refractivity contribution in [2.45, 2.75) is 20.8 Å². The Morgan fingerprint density at radius 3 is 1.42 bits per heavy atom. The molecule has 0 aromatic heterocycles. The van der Waals surface area contributed by atoms with E-state index in [2.05, 4.69) is 111 Å². The van der Waals surface area contributed by atoms with Crippen molar-refractivity contribution < 1.29 is 4.74 Å². The van der Waals surface area contributed by atoms with Crippen molar-refractivity contribution in [3.8, 4) is 11.5 Å². The fourth-order valence-electron chi connectivity index (χ4n) is 4.94. The Hall–Kier alpha value is -3.78. The molecule has 0 amide bonds. The van der Waals surface area contributed by atoms with Crippen LogP contribution in [0.2, 0.25) is 0 Å². The van der Waals surface area contributed by atoms with Gasteiger partial charge in [-0.2, -0.15) is 0 Å². The maximum Gasteiger partial charge on any atom is 0.152 e. The van der Waals surface area contributed by atoms with Gasteiger partial charge in [0.25, 0.3) is 0 Å². The van der Waals surface area contributed by atoms with Gasteiger partial charge in [-0.25, -0.2) is 0 Å². The lowest BCUT2D eigenvalue weighted by atomic mass is 9.99. The number of hydrogen-bond donors (Lipinski definition) is 0. The molecule has 1 aliphatic rings. The van der Waals surface area contributed by atoms with Crippen molar-refractivity contribution in [1.82, 2.24) is 0 Å². The molecule has 0 N–H and O–H groups in total. The predicted octanol–water partition coefficient (Wildman–Crippen LogP) is 8.49. The van der Waals surface area contributed by atoms with E-state index < -0.39 is 0 Å². The summed E-state index contributed by atoms with van der Waals surface area (Å²) in [5.41, 5.74) is 7.19. The highest BCUT2D eigenvalue weighted by Gasteiger charge is 2.29. The van der Waals surface area contributed by atoms with Gasteiger partial charge >= 0.3 is 0 Å². The zero-order chi connectivity index (χ0) is 21.1. The van der Waals surface area contributed by atoms with Crippen molar-refractivity contribution in [2.75, 3.05) is 4.90 Å². The minimum absolute atomic E-state index is 0.890. The normalized spacial score (nSPS) is 12.5. The summed E-state index contributed by atoms with van der Waals surface area (Å²) in [6.45, 7) is 6.56. The molecule has 31 heavy (non-hydrogen) atoms. The standard InChI is InChI=1S/C29H23NO/c1-18-12-19(2)29(20(3)13-18)30-25-14-21-8-4-6-10-23(21)16-27(25)31-28-17-24-11-7-5-9-22(24)15-26(28)30/h4-17H,1-3H3. The van der Waals surface area contributed by atoms with Gasteiger partial charge in [-0.15, -0.1) is 0 Å². The third kappa shape index (κ3) is 2.79. The van der Waals surface area contributed by atoms with Gasteiger partial charge < -0.3 is 9.64 Å². The van der Waals surface area contributed by atoms with E-state index in [9.17, 15) is 0 Å². The molecule has 0 aliphatic carbocycles. The highest BCUT2D eigenvalue weighted by molar-refractivity contribution is 5.99. The molecule has 0 unspecified atom stereocenters. The van der Waals surface area contributed by atoms with Crippen molar-refractivity contribution in [1.29, 1.82) is 0 Å². The smallest absolute Gasteiger partial charge is 0.152 e. The molecule has 0 spiro atoms. The quantitative estimate of drug-likeness (QED) is 0.274. The number of rotatable bonds is 1. The molecular formula is C29H23NO. The summed E-state index contributed by atoms with van der Waals surface area (Å²) in [7, 11) is 0. The second-order valence-corrected chi connectivity index (χ2v) is 8.52. The summed E-state index contributed by atoms with van der Waals surface area (Å²) in [5, 5.41) is 4.79. The summed E-state index contributed by atoms with van der Waals surface area (Å²) in [6.07, 6.45) is 0. The van der Waals surface area contributed by atoms with Gasteiger partial charge in [0.15, 0.2) is 11.5 Å². The number of aryl methyl sites for hydroxylation is 3.